The van der Waals surface area contributed by atoms with E-state index in [9.17, 15) is 9.59 Å². The number of unbranched alkanes of at least 4 members (excludes halogenated alkanes) is 1. The minimum atomic E-state index is -0.231. The fraction of sp³-hybridized carbons (Fsp3) is 0.333. The highest BCUT2D eigenvalue weighted by atomic mass is 79.9. The summed E-state index contributed by atoms with van der Waals surface area (Å²) in [5.74, 6) is 0.328. The quantitative estimate of drug-likeness (QED) is 0.786. The zero-order valence-corrected chi connectivity index (χ0v) is 12.2. The topological polar surface area (TPSA) is 50.5 Å². The molecular weight excluding hydrogens is 318 g/mol. The number of hydrogen-bond acceptors (Lipinski definition) is 4. The van der Waals surface area contributed by atoms with Gasteiger partial charge in [0.2, 0.25) is 0 Å². The van der Waals surface area contributed by atoms with Crippen LogP contribution >= 0.6 is 27.7 Å². The zero-order chi connectivity index (χ0) is 13.1. The summed E-state index contributed by atoms with van der Waals surface area (Å²) in [6, 6.07) is 3.48. The van der Waals surface area contributed by atoms with Gasteiger partial charge in [-0.3, -0.25) is 14.5 Å². The van der Waals surface area contributed by atoms with Crippen LogP contribution in [0.25, 0.3) is 6.08 Å². The van der Waals surface area contributed by atoms with Crippen LogP contribution in [0.15, 0.2) is 26.1 Å². The van der Waals surface area contributed by atoms with Crippen molar-refractivity contribution in [2.24, 2.45) is 0 Å². The van der Waals surface area contributed by atoms with Crippen molar-refractivity contribution < 1.29 is 14.0 Å². The smallest absolute Gasteiger partial charge is 0.293 e. The maximum atomic E-state index is 12.0. The van der Waals surface area contributed by atoms with Gasteiger partial charge in [-0.25, -0.2) is 0 Å². The molecule has 2 amide bonds. The van der Waals surface area contributed by atoms with Crippen LogP contribution in [0.1, 0.15) is 25.5 Å². The molecule has 1 aliphatic rings. The normalized spacial score (nSPS) is 18.1. The number of rotatable bonds is 4. The third-order valence-corrected chi connectivity index (χ3v) is 3.81. The highest BCUT2D eigenvalue weighted by Crippen LogP contribution is 2.32. The fourth-order valence-electron chi connectivity index (χ4n) is 1.54. The molecule has 1 aromatic rings. The first-order chi connectivity index (χ1) is 8.61. The number of carbonyl (C=O) groups is 2. The average Bonchev–Trinajstić information content (AvgIpc) is 2.84. The van der Waals surface area contributed by atoms with E-state index < -0.39 is 0 Å². The molecule has 1 fully saturated rings. The minimum absolute atomic E-state index is 0.203. The second-order valence-electron chi connectivity index (χ2n) is 3.83. The Kier molecular flexibility index (Phi) is 4.29. The molecule has 0 spiro atoms. The Hall–Kier alpha value is -1.01. The Bertz CT molecular complexity index is 509. The Balaban J connectivity index is 2.14. The number of imide groups is 1. The molecule has 0 radical (unpaired) electrons. The van der Waals surface area contributed by atoms with E-state index >= 15 is 0 Å². The van der Waals surface area contributed by atoms with Crippen LogP contribution in [0.5, 0.6) is 0 Å². The van der Waals surface area contributed by atoms with Crippen molar-refractivity contribution in [3.8, 4) is 0 Å². The molecule has 96 valence electrons. The summed E-state index contributed by atoms with van der Waals surface area (Å²) in [4.78, 5) is 25.4. The molecule has 0 atom stereocenters. The third kappa shape index (κ3) is 2.87. The molecule has 1 aromatic heterocycles. The summed E-state index contributed by atoms with van der Waals surface area (Å²) in [5, 5.41) is -0.203. The summed E-state index contributed by atoms with van der Waals surface area (Å²) >= 11 is 4.15. The van der Waals surface area contributed by atoms with Crippen LogP contribution in [-0.2, 0) is 4.79 Å². The maximum absolute atomic E-state index is 12.0. The number of amides is 2. The second kappa shape index (κ2) is 5.75. The van der Waals surface area contributed by atoms with E-state index in [1.165, 1.54) is 4.90 Å². The lowest BCUT2D eigenvalue weighted by atomic mass is 10.3. The number of thioether (sulfide) groups is 1. The molecular formula is C12H12BrNO3S. The van der Waals surface area contributed by atoms with E-state index in [-0.39, 0.29) is 11.1 Å². The number of carbonyl (C=O) groups excluding carboxylic acids is 2. The lowest BCUT2D eigenvalue weighted by Crippen LogP contribution is -2.29. The van der Waals surface area contributed by atoms with Gasteiger partial charge in [-0.1, -0.05) is 13.3 Å². The van der Waals surface area contributed by atoms with Crippen LogP contribution in [0.3, 0.4) is 0 Å². The first-order valence-electron chi connectivity index (χ1n) is 5.62. The number of halogens is 1. The van der Waals surface area contributed by atoms with E-state index in [0.717, 1.165) is 24.6 Å². The SMILES string of the molecule is CCCCN1C(=O)S/C(=C/c2ccc(Br)o2)C1=O. The highest BCUT2D eigenvalue weighted by molar-refractivity contribution is 9.10. The van der Waals surface area contributed by atoms with Gasteiger partial charge in [-0.15, -0.1) is 0 Å². The van der Waals surface area contributed by atoms with Crippen LogP contribution < -0.4 is 0 Å². The number of hydrogen-bond donors (Lipinski definition) is 0. The molecule has 18 heavy (non-hydrogen) atoms. The van der Waals surface area contributed by atoms with Gasteiger partial charge in [0.1, 0.15) is 5.76 Å². The van der Waals surface area contributed by atoms with Gasteiger partial charge >= 0.3 is 0 Å². The molecule has 2 rings (SSSR count). The van der Waals surface area contributed by atoms with Crippen molar-refractivity contribution in [1.82, 2.24) is 4.90 Å². The maximum Gasteiger partial charge on any atom is 0.293 e. The number of furan rings is 1. The van der Waals surface area contributed by atoms with Crippen molar-refractivity contribution in [3.63, 3.8) is 0 Å². The van der Waals surface area contributed by atoms with Crippen LogP contribution in [0.4, 0.5) is 4.79 Å². The summed E-state index contributed by atoms with van der Waals surface area (Å²) in [7, 11) is 0. The largest absolute Gasteiger partial charge is 0.450 e. The first-order valence-corrected chi connectivity index (χ1v) is 7.23. The van der Waals surface area contributed by atoms with E-state index in [4.69, 9.17) is 4.42 Å². The Morgan fingerprint density at radius 3 is 2.83 bits per heavy atom. The van der Waals surface area contributed by atoms with E-state index in [2.05, 4.69) is 15.9 Å². The van der Waals surface area contributed by atoms with Crippen LogP contribution in [0, 0.1) is 0 Å². The van der Waals surface area contributed by atoms with Gasteiger partial charge in [0.05, 0.1) is 4.91 Å². The molecule has 0 unspecified atom stereocenters. The molecule has 1 saturated heterocycles. The third-order valence-electron chi connectivity index (χ3n) is 2.48. The Morgan fingerprint density at radius 1 is 1.44 bits per heavy atom. The van der Waals surface area contributed by atoms with Gasteiger partial charge < -0.3 is 4.42 Å². The Morgan fingerprint density at radius 2 is 2.22 bits per heavy atom. The minimum Gasteiger partial charge on any atom is -0.450 e. The lowest BCUT2D eigenvalue weighted by Gasteiger charge is -2.10. The molecule has 0 bridgehead atoms. The van der Waals surface area contributed by atoms with Crippen LogP contribution in [0.2, 0.25) is 0 Å². The molecule has 0 aromatic carbocycles. The van der Waals surface area contributed by atoms with Crippen molar-refractivity contribution in [2.45, 2.75) is 19.8 Å². The Labute approximate surface area is 118 Å². The summed E-state index contributed by atoms with van der Waals surface area (Å²) < 4.78 is 5.89. The summed E-state index contributed by atoms with van der Waals surface area (Å²) in [5.41, 5.74) is 0. The molecule has 4 nitrogen and oxygen atoms in total. The van der Waals surface area contributed by atoms with Gasteiger partial charge in [0, 0.05) is 12.6 Å². The molecule has 0 N–H and O–H groups in total. The van der Waals surface area contributed by atoms with Crippen LogP contribution in [-0.4, -0.2) is 22.6 Å². The predicted molar refractivity (Wildman–Crippen MR) is 74.0 cm³/mol. The molecule has 0 saturated carbocycles. The van der Waals surface area contributed by atoms with Crippen molar-refractivity contribution >= 4 is 44.9 Å². The first kappa shape index (κ1) is 13.4. The molecule has 0 aliphatic carbocycles. The van der Waals surface area contributed by atoms with E-state index in [1.807, 2.05) is 6.92 Å². The van der Waals surface area contributed by atoms with E-state index in [0.29, 0.717) is 21.9 Å². The van der Waals surface area contributed by atoms with Crippen molar-refractivity contribution in [2.75, 3.05) is 6.54 Å². The molecule has 2 heterocycles. The monoisotopic (exact) mass is 329 g/mol. The zero-order valence-electron chi connectivity index (χ0n) is 9.81. The standard InChI is InChI=1S/C12H12BrNO3S/c1-2-3-6-14-11(15)9(18-12(14)16)7-8-4-5-10(13)17-8/h4-5,7H,2-3,6H2,1H3/b9-7+. The van der Waals surface area contributed by atoms with Crippen molar-refractivity contribution in [1.29, 1.82) is 0 Å². The lowest BCUT2D eigenvalue weighted by molar-refractivity contribution is -0.122. The average molecular weight is 330 g/mol. The summed E-state index contributed by atoms with van der Waals surface area (Å²) in [6.07, 6.45) is 3.38. The predicted octanol–water partition coefficient (Wildman–Crippen LogP) is 3.88. The van der Waals surface area contributed by atoms with Crippen molar-refractivity contribution in [3.05, 3.63) is 27.5 Å². The fourth-order valence-corrected chi connectivity index (χ4v) is 2.71. The van der Waals surface area contributed by atoms with Gasteiger partial charge in [0.25, 0.3) is 11.1 Å². The number of nitrogens with zero attached hydrogens (tertiary/aromatic N) is 1. The molecule has 6 heteroatoms. The van der Waals surface area contributed by atoms with Gasteiger partial charge in [0.15, 0.2) is 4.67 Å². The van der Waals surface area contributed by atoms with E-state index in [1.54, 1.807) is 18.2 Å². The second-order valence-corrected chi connectivity index (χ2v) is 5.60. The van der Waals surface area contributed by atoms with Gasteiger partial charge in [-0.2, -0.15) is 0 Å². The van der Waals surface area contributed by atoms with Gasteiger partial charge in [-0.05, 0) is 46.2 Å². The summed E-state index contributed by atoms with van der Waals surface area (Å²) in [6.45, 7) is 2.51. The molecule has 1 aliphatic heterocycles. The highest BCUT2D eigenvalue weighted by Gasteiger charge is 2.34.